The van der Waals surface area contributed by atoms with E-state index in [1.165, 1.54) is 29.2 Å². The average Bonchev–Trinajstić information content (AvgIpc) is 4.03. The predicted octanol–water partition coefficient (Wildman–Crippen LogP) is 4.41. The Kier molecular flexibility index (Phi) is 12.3. The number of hydrogen-bond donors (Lipinski definition) is 2. The van der Waals surface area contributed by atoms with E-state index in [0.29, 0.717) is 54.8 Å². The van der Waals surface area contributed by atoms with Crippen molar-refractivity contribution < 1.29 is 37.5 Å². The Balaban J connectivity index is 0.901. The van der Waals surface area contributed by atoms with Crippen molar-refractivity contribution in [1.29, 1.82) is 5.26 Å². The van der Waals surface area contributed by atoms with E-state index < -0.39 is 30.7 Å². The van der Waals surface area contributed by atoms with Gasteiger partial charge in [0, 0.05) is 43.0 Å². The van der Waals surface area contributed by atoms with E-state index in [2.05, 4.69) is 19.9 Å². The minimum atomic E-state index is -3.79. The van der Waals surface area contributed by atoms with E-state index in [1.54, 1.807) is 35.4 Å². The van der Waals surface area contributed by atoms with Crippen LogP contribution >= 0.6 is 13.4 Å². The Morgan fingerprint density at radius 3 is 2.48 bits per heavy atom. The van der Waals surface area contributed by atoms with E-state index in [4.69, 9.17) is 56.7 Å². The van der Waals surface area contributed by atoms with Crippen LogP contribution in [0.15, 0.2) is 60.4 Å². The topological polar surface area (TPSA) is 254 Å². The molecule has 5 aromatic heterocycles. The molecule has 7 atom stereocenters. The molecule has 0 bridgehead atoms. The van der Waals surface area contributed by atoms with Crippen LogP contribution in [0.1, 0.15) is 49.2 Å². The van der Waals surface area contributed by atoms with Gasteiger partial charge in [-0.2, -0.15) is 10.2 Å². The van der Waals surface area contributed by atoms with Crippen LogP contribution in [-0.2, 0) is 59.4 Å². The van der Waals surface area contributed by atoms with Crippen LogP contribution in [0.25, 0.3) is 28.1 Å². The summed E-state index contributed by atoms with van der Waals surface area (Å²) in [6.07, 6.45) is 9.36. The zero-order chi connectivity index (χ0) is 42.2. The molecule has 1 saturated carbocycles. The van der Waals surface area contributed by atoms with Gasteiger partial charge < -0.3 is 41.8 Å². The van der Waals surface area contributed by atoms with Gasteiger partial charge in [0.25, 0.3) is 11.2 Å². The van der Waals surface area contributed by atoms with Gasteiger partial charge >= 0.3 is 13.4 Å². The molecular weight excluding hydrogens is 861 g/mol. The van der Waals surface area contributed by atoms with E-state index >= 15 is 0 Å². The summed E-state index contributed by atoms with van der Waals surface area (Å²) in [5, 5.41) is 19.8. The third kappa shape index (κ3) is 8.96. The lowest BCUT2D eigenvalue weighted by molar-refractivity contribution is -0.384. The predicted molar refractivity (Wildman–Crippen MR) is 220 cm³/mol. The maximum absolute atomic E-state index is 13.4. The van der Waals surface area contributed by atoms with Crippen LogP contribution in [0.4, 0.5) is 5.69 Å². The first-order chi connectivity index (χ1) is 28.8. The van der Waals surface area contributed by atoms with Gasteiger partial charge in [0.05, 0.1) is 68.3 Å². The number of nitro groups is 1. The van der Waals surface area contributed by atoms with E-state index in [9.17, 15) is 24.7 Å². The summed E-state index contributed by atoms with van der Waals surface area (Å²) in [7, 11) is 0. The van der Waals surface area contributed by atoms with Crippen LogP contribution in [0.5, 0.6) is 0 Å². The van der Waals surface area contributed by atoms with E-state index in [1.807, 2.05) is 22.1 Å². The summed E-state index contributed by atoms with van der Waals surface area (Å²) >= 11 is 10.6. The molecule has 1 aliphatic carbocycles. The number of benzene rings is 1. The molecule has 60 heavy (non-hydrogen) atoms. The number of hydrogen-bond acceptors (Lipinski definition) is 16. The van der Waals surface area contributed by atoms with Crippen molar-refractivity contribution in [1.82, 2.24) is 43.0 Å². The first-order valence-corrected chi connectivity index (χ1v) is 24.1. The van der Waals surface area contributed by atoms with Crippen LogP contribution < -0.4 is 5.56 Å². The number of aromatic nitrogens is 9. The summed E-state index contributed by atoms with van der Waals surface area (Å²) < 4.78 is 35.8. The number of ether oxygens (including phenoxy) is 1. The number of nitro benzene ring substituents is 1. The number of nitriles is 1. The Labute approximate surface area is 351 Å². The van der Waals surface area contributed by atoms with Crippen molar-refractivity contribution in [2.45, 2.75) is 63.9 Å². The van der Waals surface area contributed by atoms with Crippen molar-refractivity contribution >= 4 is 70.8 Å². The monoisotopic (exact) mass is 899 g/mol. The lowest BCUT2D eigenvalue weighted by Crippen LogP contribution is -2.43. The van der Waals surface area contributed by atoms with Gasteiger partial charge in [-0.15, -0.1) is 0 Å². The van der Waals surface area contributed by atoms with Crippen molar-refractivity contribution in [3.05, 3.63) is 87.4 Å². The molecule has 1 saturated heterocycles. The molecule has 1 aliphatic heterocycles. The SMILES string of the molecule is Cc1ncnc2c1ncn2[C@@H]1C[C@H](COP(O)(=S)OCCC#N)[C@H]1COP(O)(=S)OC[C@@H]1CC[C@H](n2cnc3c(=O)n4ccn(CCc5ccc([N+](=O)[O-])cc5)c4nc32)O1. The van der Waals surface area contributed by atoms with Crippen LogP contribution in [0.3, 0.4) is 0 Å². The zero-order valence-electron chi connectivity index (χ0n) is 31.9. The second-order valence-corrected chi connectivity index (χ2v) is 20.1. The Bertz CT molecular complexity index is 2750. The summed E-state index contributed by atoms with van der Waals surface area (Å²) in [5.41, 5.74) is 3.12. The fourth-order valence-corrected chi connectivity index (χ4v) is 9.87. The molecule has 0 spiro atoms. The largest absolute Gasteiger partial charge is 0.352 e. The number of nitrogens with zero attached hydrogens (tertiary/aromatic N) is 11. The molecule has 2 fully saturated rings. The Hall–Kier alpha value is -4.43. The van der Waals surface area contributed by atoms with Gasteiger partial charge in [0.2, 0.25) is 5.78 Å². The van der Waals surface area contributed by atoms with Crippen molar-refractivity contribution in [2.75, 3.05) is 26.4 Å². The van der Waals surface area contributed by atoms with Crippen LogP contribution in [-0.4, -0.2) is 90.3 Å². The second kappa shape index (κ2) is 17.5. The highest BCUT2D eigenvalue weighted by Gasteiger charge is 2.45. The van der Waals surface area contributed by atoms with Crippen molar-refractivity contribution in [3.8, 4) is 6.07 Å². The molecule has 21 nitrogen and oxygen atoms in total. The lowest BCUT2D eigenvalue weighted by atomic mass is 9.70. The van der Waals surface area contributed by atoms with E-state index in [0.717, 1.165) is 11.3 Å². The van der Waals surface area contributed by atoms with Crippen LogP contribution in [0.2, 0.25) is 0 Å². The molecule has 25 heteroatoms. The molecule has 0 amide bonds. The number of rotatable bonds is 18. The van der Waals surface area contributed by atoms with Gasteiger partial charge in [-0.05, 0) is 67.7 Å². The molecule has 6 heterocycles. The third-order valence-electron chi connectivity index (χ3n) is 10.8. The molecule has 2 unspecified atom stereocenters. The highest BCUT2D eigenvalue weighted by molar-refractivity contribution is 8.07. The minimum absolute atomic E-state index is 0.0136. The number of fused-ring (bicyclic) bond motifs is 3. The Morgan fingerprint density at radius 2 is 1.70 bits per heavy atom. The molecule has 2 N–H and O–H groups in total. The van der Waals surface area contributed by atoms with Crippen LogP contribution in [0, 0.1) is 40.2 Å². The van der Waals surface area contributed by atoms with E-state index in [-0.39, 0.29) is 67.5 Å². The Morgan fingerprint density at radius 1 is 0.967 bits per heavy atom. The maximum Gasteiger partial charge on any atom is 0.324 e. The van der Waals surface area contributed by atoms with Gasteiger partial charge in [-0.1, -0.05) is 12.1 Å². The highest BCUT2D eigenvalue weighted by atomic mass is 32.5. The fraction of sp³-hybridized carbons (Fsp3) is 0.457. The molecular formula is C35H39N11O10P2S2. The maximum atomic E-state index is 13.4. The van der Waals surface area contributed by atoms with Gasteiger partial charge in [0.15, 0.2) is 16.8 Å². The fourth-order valence-electron chi connectivity index (χ4n) is 7.53. The lowest BCUT2D eigenvalue weighted by Gasteiger charge is -2.45. The second-order valence-electron chi connectivity index (χ2n) is 14.4. The molecule has 316 valence electrons. The first-order valence-electron chi connectivity index (χ1n) is 18.9. The molecule has 8 rings (SSSR count). The molecule has 0 radical (unpaired) electrons. The average molecular weight is 900 g/mol. The number of imidazole rings is 3. The number of aryl methyl sites for hydroxylation is 3. The third-order valence-corrected chi connectivity index (χ3v) is 14.0. The van der Waals surface area contributed by atoms with Crippen molar-refractivity contribution in [2.24, 2.45) is 11.8 Å². The van der Waals surface area contributed by atoms with Gasteiger partial charge in [-0.25, -0.2) is 24.3 Å². The van der Waals surface area contributed by atoms with Gasteiger partial charge in [0.1, 0.15) is 18.1 Å². The van der Waals surface area contributed by atoms with Crippen molar-refractivity contribution in [3.63, 3.8) is 0 Å². The smallest absolute Gasteiger partial charge is 0.324 e. The quantitative estimate of drug-likeness (QED) is 0.0524. The first kappa shape index (κ1) is 42.3. The molecule has 1 aromatic carbocycles. The standard InChI is InChI=1S/C35H39N11O10P2S2/c1-22-30-32(38-19-37-22)44(20-39-30)28-15-24(16-53-57(50,59)52-14-2-10-36)27(28)18-55-58(51,60)54-17-26-7-8-29(56-26)45-21-40-31-33(45)41-35-42(12-13-43(35)34(31)47)11-9-23-3-5-25(6-4-23)46(48)49/h3-6,12-13,19-21,24,26-29H,2,7-9,11,14-18H2,1H3,(H,50,59)(H,51,60)/t24-,26+,27-,28-,29-,57?,58?/m1/s1. The minimum Gasteiger partial charge on any atom is -0.352 e. The summed E-state index contributed by atoms with van der Waals surface area (Å²) in [6, 6.07) is 8.09. The normalized spacial score (nSPS) is 22.5. The zero-order valence-corrected chi connectivity index (χ0v) is 35.4. The summed E-state index contributed by atoms with van der Waals surface area (Å²) in [5.74, 6) is -0.0493. The molecule has 2 aliphatic rings. The molecule has 6 aromatic rings. The number of non-ortho nitro benzene ring substituents is 1. The van der Waals surface area contributed by atoms with Gasteiger partial charge in [-0.3, -0.25) is 19.5 Å². The highest BCUT2D eigenvalue weighted by Crippen LogP contribution is 2.53. The summed E-state index contributed by atoms with van der Waals surface area (Å²) in [6.45, 7) is -5.14. The summed E-state index contributed by atoms with van der Waals surface area (Å²) in [4.78, 5) is 68.0.